The van der Waals surface area contributed by atoms with Crippen molar-refractivity contribution in [3.05, 3.63) is 36.7 Å². The van der Waals surface area contributed by atoms with Gasteiger partial charge in [-0.1, -0.05) is 0 Å². The predicted molar refractivity (Wildman–Crippen MR) is 103 cm³/mol. The van der Waals surface area contributed by atoms with Crippen molar-refractivity contribution in [1.82, 2.24) is 24.3 Å². The number of hydrogen-bond donors (Lipinski definition) is 1. The average molecular weight is 406 g/mol. The summed E-state index contributed by atoms with van der Waals surface area (Å²) in [6.07, 6.45) is 2.77. The minimum absolute atomic E-state index is 0.0766. The van der Waals surface area contributed by atoms with Gasteiger partial charge < -0.3 is 19.5 Å². The van der Waals surface area contributed by atoms with Crippen molar-refractivity contribution in [3.63, 3.8) is 0 Å². The molecule has 1 atom stereocenters. The van der Waals surface area contributed by atoms with Crippen LogP contribution in [0, 0.1) is 0 Å². The average Bonchev–Trinajstić information content (AvgIpc) is 3.13. The van der Waals surface area contributed by atoms with E-state index in [2.05, 4.69) is 25.3 Å². The first-order chi connectivity index (χ1) is 13.8. The number of nitrogens with zero attached hydrogens (tertiary/aromatic N) is 7. The smallest absolute Gasteiger partial charge is 0.365 e. The van der Waals surface area contributed by atoms with Gasteiger partial charge in [0.1, 0.15) is 18.0 Å². The minimum atomic E-state index is -4.49. The van der Waals surface area contributed by atoms with Crippen LogP contribution in [0.1, 0.15) is 18.5 Å². The predicted octanol–water partition coefficient (Wildman–Crippen LogP) is 2.69. The number of imidazole rings is 1. The van der Waals surface area contributed by atoms with Crippen LogP contribution >= 0.6 is 0 Å². The zero-order chi connectivity index (χ0) is 20.6. The maximum atomic E-state index is 13.1. The number of alkyl halides is 3. The molecule has 1 unspecified atom stereocenters. The van der Waals surface area contributed by atoms with E-state index in [0.29, 0.717) is 24.7 Å². The third-order valence-corrected chi connectivity index (χ3v) is 4.83. The van der Waals surface area contributed by atoms with Gasteiger partial charge in [0.15, 0.2) is 17.2 Å². The minimum Gasteiger partial charge on any atom is -0.365 e. The number of anilines is 3. The highest BCUT2D eigenvalue weighted by molar-refractivity contribution is 5.65. The molecule has 0 saturated carbocycles. The number of fused-ring (bicyclic) bond motifs is 1. The van der Waals surface area contributed by atoms with Crippen LogP contribution in [0.2, 0.25) is 0 Å². The summed E-state index contributed by atoms with van der Waals surface area (Å²) >= 11 is 0. The Morgan fingerprint density at radius 1 is 1.21 bits per heavy atom. The van der Waals surface area contributed by atoms with Crippen LogP contribution in [0.3, 0.4) is 0 Å². The number of halogens is 3. The summed E-state index contributed by atoms with van der Waals surface area (Å²) in [7, 11) is 3.81. The van der Waals surface area contributed by atoms with E-state index < -0.39 is 11.9 Å². The van der Waals surface area contributed by atoms with E-state index in [1.54, 1.807) is 0 Å². The molecular weight excluding hydrogens is 385 g/mol. The molecule has 11 heteroatoms. The van der Waals surface area contributed by atoms with E-state index in [9.17, 15) is 13.2 Å². The second-order valence-electron chi connectivity index (χ2n) is 7.19. The number of aromatic nitrogens is 5. The highest BCUT2D eigenvalue weighted by Crippen LogP contribution is 2.31. The van der Waals surface area contributed by atoms with Gasteiger partial charge in [-0.2, -0.15) is 13.2 Å². The fraction of sp³-hybridized carbons (Fsp3) is 0.444. The van der Waals surface area contributed by atoms with Crippen LogP contribution in [0.15, 0.2) is 31.0 Å². The Balaban J connectivity index is 1.56. The molecule has 0 bridgehead atoms. The van der Waals surface area contributed by atoms with Gasteiger partial charge in [-0.05, 0) is 12.8 Å². The Morgan fingerprint density at radius 3 is 2.79 bits per heavy atom. The largest absolute Gasteiger partial charge is 0.434 e. The third kappa shape index (κ3) is 4.03. The normalized spacial score (nSPS) is 17.6. The number of piperidine rings is 1. The first kappa shape index (κ1) is 19.2. The zero-order valence-corrected chi connectivity index (χ0v) is 16.1. The Labute approximate surface area is 165 Å². The van der Waals surface area contributed by atoms with Crippen molar-refractivity contribution in [2.24, 2.45) is 0 Å². The first-order valence-electron chi connectivity index (χ1n) is 9.23. The summed E-state index contributed by atoms with van der Waals surface area (Å²) in [6.45, 7) is 1.29. The Kier molecular flexibility index (Phi) is 4.89. The van der Waals surface area contributed by atoms with Gasteiger partial charge in [0.05, 0.1) is 0 Å². The maximum Gasteiger partial charge on any atom is 0.434 e. The lowest BCUT2D eigenvalue weighted by Gasteiger charge is -2.34. The molecule has 1 saturated heterocycles. The summed E-state index contributed by atoms with van der Waals surface area (Å²) in [5, 5.41) is 3.40. The van der Waals surface area contributed by atoms with Crippen LogP contribution in [0.4, 0.5) is 30.6 Å². The first-order valence-corrected chi connectivity index (χ1v) is 9.23. The van der Waals surface area contributed by atoms with Crippen molar-refractivity contribution >= 4 is 23.1 Å². The van der Waals surface area contributed by atoms with Crippen molar-refractivity contribution in [2.75, 3.05) is 42.3 Å². The van der Waals surface area contributed by atoms with E-state index in [1.807, 2.05) is 30.0 Å². The summed E-state index contributed by atoms with van der Waals surface area (Å²) in [5.41, 5.74) is -0.715. The monoisotopic (exact) mass is 406 g/mol. The number of hydrogen-bond acceptors (Lipinski definition) is 7. The molecule has 4 rings (SSSR count). The molecule has 1 aliphatic rings. The molecule has 3 aromatic heterocycles. The van der Waals surface area contributed by atoms with Gasteiger partial charge in [-0.25, -0.2) is 19.9 Å². The molecule has 29 heavy (non-hydrogen) atoms. The molecule has 8 nitrogen and oxygen atoms in total. The second kappa shape index (κ2) is 7.37. The van der Waals surface area contributed by atoms with E-state index in [4.69, 9.17) is 0 Å². The molecule has 154 valence electrons. The number of nitrogens with one attached hydrogen (secondary N) is 1. The lowest BCUT2D eigenvalue weighted by atomic mass is 10.1. The molecule has 0 spiro atoms. The van der Waals surface area contributed by atoms with Crippen LogP contribution in [-0.2, 0) is 6.18 Å². The second-order valence-corrected chi connectivity index (χ2v) is 7.19. The molecule has 1 N–H and O–H groups in total. The highest BCUT2D eigenvalue weighted by Gasteiger charge is 2.35. The molecule has 1 fully saturated rings. The molecule has 3 aromatic rings. The van der Waals surface area contributed by atoms with Crippen molar-refractivity contribution in [2.45, 2.75) is 25.1 Å². The Morgan fingerprint density at radius 2 is 2.03 bits per heavy atom. The molecule has 0 amide bonds. The third-order valence-electron chi connectivity index (χ3n) is 4.83. The lowest BCUT2D eigenvalue weighted by Crippen LogP contribution is -2.43. The standard InChI is InChI=1S/C18H21F3N8/c1-27(2)15-8-14(23-11-24-15)25-12-4-3-6-28(9-12)16-17-26-13(18(19,20)21)10-29(17)7-5-22-16/h5,7-8,10-12H,3-4,6,9H2,1-2H3,(H,23,24,25). The summed E-state index contributed by atoms with van der Waals surface area (Å²) < 4.78 is 40.5. The maximum absolute atomic E-state index is 13.1. The molecule has 0 aromatic carbocycles. The number of rotatable bonds is 4. The summed E-state index contributed by atoms with van der Waals surface area (Å²) in [6, 6.07) is 1.94. The topological polar surface area (TPSA) is 74.5 Å². The quantitative estimate of drug-likeness (QED) is 0.714. The SMILES string of the molecule is CN(C)c1cc(NC2CCCN(c3nccn4cc(C(F)(F)F)nc34)C2)ncn1. The van der Waals surface area contributed by atoms with Gasteiger partial charge in [-0.15, -0.1) is 0 Å². The van der Waals surface area contributed by atoms with Crippen LogP contribution < -0.4 is 15.1 Å². The van der Waals surface area contributed by atoms with E-state index >= 15 is 0 Å². The van der Waals surface area contributed by atoms with Gasteiger partial charge in [0.25, 0.3) is 0 Å². The molecule has 0 aliphatic carbocycles. The van der Waals surface area contributed by atoms with Gasteiger partial charge in [0, 0.05) is 57.9 Å². The molecule has 1 aliphatic heterocycles. The highest BCUT2D eigenvalue weighted by atomic mass is 19.4. The van der Waals surface area contributed by atoms with E-state index in [1.165, 1.54) is 23.1 Å². The Bertz CT molecular complexity index is 1000. The van der Waals surface area contributed by atoms with Crippen molar-refractivity contribution in [3.8, 4) is 0 Å². The molecule has 4 heterocycles. The van der Waals surface area contributed by atoms with Crippen LogP contribution in [0.25, 0.3) is 5.65 Å². The fourth-order valence-corrected chi connectivity index (χ4v) is 3.43. The lowest BCUT2D eigenvalue weighted by molar-refractivity contribution is -0.140. The van der Waals surface area contributed by atoms with Gasteiger partial charge in [-0.3, -0.25) is 0 Å². The zero-order valence-electron chi connectivity index (χ0n) is 16.1. The Hall–Kier alpha value is -3.11. The van der Waals surface area contributed by atoms with Crippen LogP contribution in [-0.4, -0.2) is 57.6 Å². The summed E-state index contributed by atoms with van der Waals surface area (Å²) in [4.78, 5) is 20.4. The van der Waals surface area contributed by atoms with Crippen LogP contribution in [0.5, 0.6) is 0 Å². The fourth-order valence-electron chi connectivity index (χ4n) is 3.43. The molecular formula is C18H21F3N8. The molecule has 0 radical (unpaired) electrons. The van der Waals surface area contributed by atoms with E-state index in [-0.39, 0.29) is 11.7 Å². The van der Waals surface area contributed by atoms with Crippen molar-refractivity contribution in [1.29, 1.82) is 0 Å². The van der Waals surface area contributed by atoms with Gasteiger partial charge in [0.2, 0.25) is 0 Å². The summed E-state index contributed by atoms with van der Waals surface area (Å²) in [5.74, 6) is 1.95. The van der Waals surface area contributed by atoms with Crippen molar-refractivity contribution < 1.29 is 13.2 Å². The van der Waals surface area contributed by atoms with E-state index in [0.717, 1.165) is 24.9 Å². The van der Waals surface area contributed by atoms with Gasteiger partial charge >= 0.3 is 6.18 Å².